The van der Waals surface area contributed by atoms with Gasteiger partial charge in [0.25, 0.3) is 0 Å². The van der Waals surface area contributed by atoms with Gasteiger partial charge in [0.1, 0.15) is 5.65 Å². The number of nitrogens with zero attached hydrogens (tertiary/aromatic N) is 3. The first-order valence-corrected chi connectivity index (χ1v) is 7.32. The molecule has 3 aromatic rings. The molecule has 0 N–H and O–H groups in total. The maximum atomic E-state index is 11.9. The van der Waals surface area contributed by atoms with E-state index >= 15 is 0 Å². The van der Waals surface area contributed by atoms with E-state index in [1.54, 1.807) is 18.3 Å². The number of hydrogen-bond acceptors (Lipinski definition) is 4. The van der Waals surface area contributed by atoms with Gasteiger partial charge in [-0.15, -0.1) is 0 Å². The van der Waals surface area contributed by atoms with E-state index < -0.39 is 0 Å². The standard InChI is InChI=1S/C14H10ClN3OS/c15-11-6-2-1-5-10(11)9-20-13-16-12-7-3-4-8-18(12)14(19)17-13/h1-8H,9H2. The van der Waals surface area contributed by atoms with E-state index in [-0.39, 0.29) is 5.69 Å². The molecule has 1 aromatic carbocycles. The molecule has 0 aliphatic carbocycles. The van der Waals surface area contributed by atoms with Crippen LogP contribution in [0.25, 0.3) is 5.65 Å². The summed E-state index contributed by atoms with van der Waals surface area (Å²) in [5, 5.41) is 1.17. The summed E-state index contributed by atoms with van der Waals surface area (Å²) in [4.78, 5) is 20.2. The molecule has 2 heterocycles. The van der Waals surface area contributed by atoms with Crippen LogP contribution in [0.15, 0.2) is 58.6 Å². The van der Waals surface area contributed by atoms with Crippen molar-refractivity contribution in [1.29, 1.82) is 0 Å². The Bertz CT molecular complexity index is 819. The Kier molecular flexibility index (Phi) is 3.71. The van der Waals surface area contributed by atoms with Crippen LogP contribution in [0.5, 0.6) is 0 Å². The minimum absolute atomic E-state index is 0.322. The maximum absolute atomic E-state index is 11.9. The fourth-order valence-electron chi connectivity index (χ4n) is 1.77. The summed E-state index contributed by atoms with van der Waals surface area (Å²) in [7, 11) is 0. The Labute approximate surface area is 124 Å². The third-order valence-corrected chi connectivity index (χ3v) is 4.03. The van der Waals surface area contributed by atoms with Gasteiger partial charge < -0.3 is 0 Å². The van der Waals surface area contributed by atoms with E-state index in [2.05, 4.69) is 9.97 Å². The number of halogens is 1. The normalized spacial score (nSPS) is 10.8. The number of thioether (sulfide) groups is 1. The predicted octanol–water partition coefficient (Wildman–Crippen LogP) is 3.04. The molecule has 6 heteroatoms. The van der Waals surface area contributed by atoms with Gasteiger partial charge in [-0.25, -0.2) is 9.78 Å². The van der Waals surface area contributed by atoms with Crippen LogP contribution in [-0.2, 0) is 5.75 Å². The molecular formula is C14H10ClN3OS. The number of fused-ring (bicyclic) bond motifs is 1. The molecule has 0 saturated carbocycles. The van der Waals surface area contributed by atoms with Crippen molar-refractivity contribution >= 4 is 29.0 Å². The average molecular weight is 304 g/mol. The molecule has 2 aromatic heterocycles. The highest BCUT2D eigenvalue weighted by molar-refractivity contribution is 7.98. The van der Waals surface area contributed by atoms with Crippen molar-refractivity contribution in [1.82, 2.24) is 14.4 Å². The molecule has 0 spiro atoms. The highest BCUT2D eigenvalue weighted by Gasteiger charge is 2.06. The summed E-state index contributed by atoms with van der Waals surface area (Å²) in [6.45, 7) is 0. The summed E-state index contributed by atoms with van der Waals surface area (Å²) < 4.78 is 1.42. The van der Waals surface area contributed by atoms with Crippen molar-refractivity contribution in [2.75, 3.05) is 0 Å². The fourth-order valence-corrected chi connectivity index (χ4v) is 2.89. The van der Waals surface area contributed by atoms with Crippen molar-refractivity contribution in [3.05, 3.63) is 69.7 Å². The van der Waals surface area contributed by atoms with Crippen molar-refractivity contribution in [3.63, 3.8) is 0 Å². The van der Waals surface area contributed by atoms with Crippen LogP contribution in [0.4, 0.5) is 0 Å². The molecule has 0 aliphatic rings. The molecule has 0 unspecified atom stereocenters. The fraction of sp³-hybridized carbons (Fsp3) is 0.0714. The van der Waals surface area contributed by atoms with Gasteiger partial charge in [-0.05, 0) is 23.8 Å². The summed E-state index contributed by atoms with van der Waals surface area (Å²) in [5.41, 5.74) is 1.27. The SMILES string of the molecule is O=c1nc(SCc2ccccc2Cl)nc2ccccn12. The lowest BCUT2D eigenvalue weighted by atomic mass is 10.2. The van der Waals surface area contributed by atoms with Gasteiger partial charge in [0.15, 0.2) is 5.16 Å². The Morgan fingerprint density at radius 3 is 2.75 bits per heavy atom. The van der Waals surface area contributed by atoms with Crippen LogP contribution >= 0.6 is 23.4 Å². The van der Waals surface area contributed by atoms with Crippen molar-refractivity contribution in [2.45, 2.75) is 10.9 Å². The molecule has 4 nitrogen and oxygen atoms in total. The lowest BCUT2D eigenvalue weighted by Crippen LogP contribution is -2.18. The van der Waals surface area contributed by atoms with Crippen molar-refractivity contribution in [3.8, 4) is 0 Å². The van der Waals surface area contributed by atoms with Crippen molar-refractivity contribution in [2.24, 2.45) is 0 Å². The van der Waals surface area contributed by atoms with Gasteiger partial charge in [0.05, 0.1) is 0 Å². The van der Waals surface area contributed by atoms with E-state index in [1.807, 2.05) is 30.3 Å². The third kappa shape index (κ3) is 2.69. The monoisotopic (exact) mass is 303 g/mol. The Balaban J connectivity index is 1.88. The highest BCUT2D eigenvalue weighted by Crippen LogP contribution is 2.23. The van der Waals surface area contributed by atoms with Crippen LogP contribution in [0.2, 0.25) is 5.02 Å². The van der Waals surface area contributed by atoms with Gasteiger partial charge in [-0.1, -0.05) is 47.6 Å². The summed E-state index contributed by atoms with van der Waals surface area (Å²) in [5.74, 6) is 0.627. The Hall–Kier alpha value is -1.85. The Morgan fingerprint density at radius 1 is 1.10 bits per heavy atom. The number of aromatic nitrogens is 3. The summed E-state index contributed by atoms with van der Waals surface area (Å²) >= 11 is 7.49. The Morgan fingerprint density at radius 2 is 1.90 bits per heavy atom. The molecule has 0 amide bonds. The second-order valence-electron chi connectivity index (χ2n) is 4.10. The van der Waals surface area contributed by atoms with Crippen LogP contribution in [-0.4, -0.2) is 14.4 Å². The van der Waals surface area contributed by atoms with Crippen LogP contribution in [0.1, 0.15) is 5.56 Å². The first kappa shape index (κ1) is 13.1. The second-order valence-corrected chi connectivity index (χ2v) is 5.45. The molecule has 0 radical (unpaired) electrons. The highest BCUT2D eigenvalue weighted by atomic mass is 35.5. The van der Waals surface area contributed by atoms with Crippen LogP contribution < -0.4 is 5.69 Å². The lowest BCUT2D eigenvalue weighted by Gasteiger charge is -2.04. The zero-order valence-electron chi connectivity index (χ0n) is 10.4. The third-order valence-electron chi connectivity index (χ3n) is 2.76. The molecule has 3 rings (SSSR count). The van der Waals surface area contributed by atoms with E-state index in [0.29, 0.717) is 21.6 Å². The molecule has 0 fully saturated rings. The molecule has 20 heavy (non-hydrogen) atoms. The minimum atomic E-state index is -0.322. The molecular weight excluding hydrogens is 294 g/mol. The summed E-state index contributed by atoms with van der Waals surface area (Å²) in [6.07, 6.45) is 1.65. The minimum Gasteiger partial charge on any atom is -0.251 e. The zero-order valence-corrected chi connectivity index (χ0v) is 11.9. The van der Waals surface area contributed by atoms with Gasteiger partial charge in [0, 0.05) is 17.0 Å². The first-order valence-electron chi connectivity index (χ1n) is 5.96. The number of rotatable bonds is 3. The topological polar surface area (TPSA) is 47.3 Å². The van der Waals surface area contributed by atoms with E-state index in [1.165, 1.54) is 16.2 Å². The van der Waals surface area contributed by atoms with E-state index in [4.69, 9.17) is 11.6 Å². The second kappa shape index (κ2) is 5.64. The number of pyridine rings is 1. The smallest absolute Gasteiger partial charge is 0.251 e. The predicted molar refractivity (Wildman–Crippen MR) is 80.3 cm³/mol. The first-order chi connectivity index (χ1) is 9.74. The molecule has 0 saturated heterocycles. The van der Waals surface area contributed by atoms with Crippen LogP contribution in [0.3, 0.4) is 0 Å². The van der Waals surface area contributed by atoms with Gasteiger partial charge in [-0.3, -0.25) is 4.40 Å². The molecule has 0 atom stereocenters. The molecule has 100 valence electrons. The largest absolute Gasteiger partial charge is 0.355 e. The average Bonchev–Trinajstić information content (AvgIpc) is 2.46. The molecule has 0 aliphatic heterocycles. The summed E-state index contributed by atoms with van der Waals surface area (Å²) in [6, 6.07) is 13.0. The quantitative estimate of drug-likeness (QED) is 0.698. The van der Waals surface area contributed by atoms with Crippen molar-refractivity contribution < 1.29 is 0 Å². The van der Waals surface area contributed by atoms with Crippen LogP contribution in [0, 0.1) is 0 Å². The van der Waals surface area contributed by atoms with E-state index in [0.717, 1.165) is 5.56 Å². The van der Waals surface area contributed by atoms with Gasteiger partial charge >= 0.3 is 5.69 Å². The maximum Gasteiger partial charge on any atom is 0.355 e. The van der Waals surface area contributed by atoms with Gasteiger partial charge in [-0.2, -0.15) is 4.98 Å². The van der Waals surface area contributed by atoms with E-state index in [9.17, 15) is 4.79 Å². The zero-order chi connectivity index (χ0) is 13.9. The lowest BCUT2D eigenvalue weighted by molar-refractivity contribution is 0.846. The van der Waals surface area contributed by atoms with Gasteiger partial charge in [0.2, 0.25) is 0 Å². The number of hydrogen-bond donors (Lipinski definition) is 0. The molecule has 0 bridgehead atoms. The number of benzene rings is 1.